The summed E-state index contributed by atoms with van der Waals surface area (Å²) in [6.45, 7) is 4.19. The fraction of sp³-hybridized carbons (Fsp3) is 0.792. The van der Waals surface area contributed by atoms with Crippen LogP contribution in [0.5, 0.6) is 0 Å². The summed E-state index contributed by atoms with van der Waals surface area (Å²) >= 11 is 0. The van der Waals surface area contributed by atoms with E-state index in [2.05, 4.69) is 6.92 Å². The van der Waals surface area contributed by atoms with E-state index in [1.54, 1.807) is 6.07 Å². The van der Waals surface area contributed by atoms with Crippen molar-refractivity contribution in [2.24, 2.45) is 28.6 Å². The Morgan fingerprint density at radius 1 is 1.03 bits per heavy atom. The fourth-order valence-electron chi connectivity index (χ4n) is 8.28. The van der Waals surface area contributed by atoms with E-state index in [1.165, 1.54) is 12.3 Å². The fourth-order valence-corrected chi connectivity index (χ4v) is 8.28. The number of rotatable bonds is 1. The summed E-state index contributed by atoms with van der Waals surface area (Å²) in [5.74, 6) is -0.227. The Labute approximate surface area is 176 Å². The summed E-state index contributed by atoms with van der Waals surface area (Å²) in [4.78, 5) is 11.4. The Hall–Kier alpha value is -1.21. The van der Waals surface area contributed by atoms with Gasteiger partial charge in [0.1, 0.15) is 0 Å². The minimum atomic E-state index is -1.19. The molecule has 4 saturated carbocycles. The smallest absolute Gasteiger partial charge is 0.335 e. The second kappa shape index (κ2) is 6.64. The van der Waals surface area contributed by atoms with Crippen LogP contribution >= 0.6 is 0 Å². The molecule has 0 unspecified atom stereocenters. The van der Waals surface area contributed by atoms with Gasteiger partial charge >= 0.3 is 5.63 Å². The van der Waals surface area contributed by atoms with Crippen LogP contribution in [0, 0.1) is 28.6 Å². The minimum absolute atomic E-state index is 0.0132. The number of aliphatic hydroxyl groups is 4. The number of aliphatic hydroxyl groups excluding tert-OH is 3. The topological polar surface area (TPSA) is 111 Å². The van der Waals surface area contributed by atoms with Crippen LogP contribution in [0.2, 0.25) is 0 Å². The Kier molecular flexibility index (Phi) is 4.58. The van der Waals surface area contributed by atoms with Crippen molar-refractivity contribution in [1.82, 2.24) is 0 Å². The molecule has 10 atom stereocenters. The van der Waals surface area contributed by atoms with E-state index in [4.69, 9.17) is 4.42 Å². The zero-order valence-corrected chi connectivity index (χ0v) is 17.8. The van der Waals surface area contributed by atoms with E-state index in [9.17, 15) is 25.2 Å². The molecule has 1 aromatic heterocycles. The van der Waals surface area contributed by atoms with Crippen LogP contribution < -0.4 is 5.63 Å². The third-order valence-corrected chi connectivity index (χ3v) is 10.0. The van der Waals surface area contributed by atoms with Gasteiger partial charge < -0.3 is 24.8 Å². The van der Waals surface area contributed by atoms with Crippen LogP contribution in [0.25, 0.3) is 0 Å². The molecule has 0 aliphatic heterocycles. The van der Waals surface area contributed by atoms with Gasteiger partial charge in [-0.05, 0) is 79.7 Å². The molecular formula is C24H34O6. The third kappa shape index (κ3) is 2.54. The molecule has 0 spiro atoms. The maximum absolute atomic E-state index is 12.2. The summed E-state index contributed by atoms with van der Waals surface area (Å²) in [6, 6.07) is 3.13. The minimum Gasteiger partial charge on any atom is -0.431 e. The van der Waals surface area contributed by atoms with Crippen molar-refractivity contribution >= 4 is 0 Å². The molecule has 0 amide bonds. The highest BCUT2D eigenvalue weighted by molar-refractivity contribution is 5.29. The number of hydrogen-bond donors (Lipinski definition) is 4. The summed E-state index contributed by atoms with van der Waals surface area (Å²) in [5, 5.41) is 45.2. The molecular weight excluding hydrogens is 384 g/mol. The van der Waals surface area contributed by atoms with Crippen molar-refractivity contribution in [2.75, 3.05) is 0 Å². The van der Waals surface area contributed by atoms with Gasteiger partial charge in [-0.3, -0.25) is 0 Å². The van der Waals surface area contributed by atoms with E-state index in [1.807, 2.05) is 6.92 Å². The van der Waals surface area contributed by atoms with Gasteiger partial charge in [0.15, 0.2) is 0 Å². The highest BCUT2D eigenvalue weighted by Gasteiger charge is 2.72. The van der Waals surface area contributed by atoms with Gasteiger partial charge in [0.05, 0.1) is 30.2 Å². The standard InChI is InChI=1S/C24H34O6/c1-22-7-5-15(25)9-14(22)10-18(26)21-17(22)11-19(27)23(2)16(6-8-24(21,23)29)13-3-4-20(28)30-12-13/h3-4,12,14-19,21,25-27,29H,5-11H2,1-2H3/t14-,15-,16+,17-,18-,19-,21-,22-,23-,24-/m0/s1. The van der Waals surface area contributed by atoms with E-state index >= 15 is 0 Å². The van der Waals surface area contributed by atoms with Crippen LogP contribution in [-0.4, -0.2) is 44.3 Å². The molecule has 6 nitrogen and oxygen atoms in total. The van der Waals surface area contributed by atoms with Gasteiger partial charge in [0, 0.05) is 17.4 Å². The summed E-state index contributed by atoms with van der Waals surface area (Å²) in [5.41, 5.74) is -1.71. The highest BCUT2D eigenvalue weighted by Crippen LogP contribution is 2.70. The number of hydrogen-bond acceptors (Lipinski definition) is 6. The molecule has 0 aromatic carbocycles. The van der Waals surface area contributed by atoms with Crippen molar-refractivity contribution in [2.45, 2.75) is 88.6 Å². The average molecular weight is 419 g/mol. The molecule has 166 valence electrons. The zero-order valence-electron chi connectivity index (χ0n) is 17.8. The predicted octanol–water partition coefficient (Wildman–Crippen LogP) is 2.18. The monoisotopic (exact) mass is 418 g/mol. The first kappa shape index (κ1) is 20.7. The van der Waals surface area contributed by atoms with Gasteiger partial charge in [0.25, 0.3) is 0 Å². The van der Waals surface area contributed by atoms with Gasteiger partial charge in [-0.15, -0.1) is 0 Å². The highest BCUT2D eigenvalue weighted by atomic mass is 16.4. The van der Waals surface area contributed by atoms with Crippen LogP contribution in [-0.2, 0) is 0 Å². The van der Waals surface area contributed by atoms with Crippen molar-refractivity contribution in [3.05, 3.63) is 34.4 Å². The lowest BCUT2D eigenvalue weighted by Crippen LogP contribution is -2.69. The Bertz CT molecular complexity index is 862. The normalized spacial score (nSPS) is 52.9. The van der Waals surface area contributed by atoms with E-state index in [-0.39, 0.29) is 35.2 Å². The molecule has 4 aliphatic rings. The number of fused-ring (bicyclic) bond motifs is 5. The zero-order chi connectivity index (χ0) is 21.5. The van der Waals surface area contributed by atoms with Gasteiger partial charge in [-0.2, -0.15) is 0 Å². The lowest BCUT2D eigenvalue weighted by Gasteiger charge is -2.65. The first-order valence-electron chi connectivity index (χ1n) is 11.5. The maximum Gasteiger partial charge on any atom is 0.335 e. The predicted molar refractivity (Wildman–Crippen MR) is 110 cm³/mol. The maximum atomic E-state index is 12.2. The molecule has 30 heavy (non-hydrogen) atoms. The van der Waals surface area contributed by atoms with Crippen LogP contribution in [0.4, 0.5) is 0 Å². The summed E-state index contributed by atoms with van der Waals surface area (Å²) in [6.07, 6.45) is 4.36. The van der Waals surface area contributed by atoms with Crippen LogP contribution in [0.1, 0.15) is 70.3 Å². The molecule has 0 bridgehead atoms. The Balaban J connectivity index is 1.56. The molecule has 0 radical (unpaired) electrons. The van der Waals surface area contributed by atoms with E-state index < -0.39 is 28.8 Å². The molecule has 4 N–H and O–H groups in total. The van der Waals surface area contributed by atoms with Gasteiger partial charge in [0.2, 0.25) is 0 Å². The first-order chi connectivity index (χ1) is 14.1. The van der Waals surface area contributed by atoms with Crippen LogP contribution in [0.3, 0.4) is 0 Å². The van der Waals surface area contributed by atoms with Crippen molar-refractivity contribution in [1.29, 1.82) is 0 Å². The summed E-state index contributed by atoms with van der Waals surface area (Å²) in [7, 11) is 0. The SMILES string of the molecule is C[C@]12CC[C@H](O)C[C@H]1C[C@H](O)[C@@H]1[C@@H]2C[C@H](O)[C@]2(C)[C@@H](c3ccc(=O)oc3)CC[C@]12O. The quantitative estimate of drug-likeness (QED) is 0.556. The second-order valence-corrected chi connectivity index (χ2v) is 11.0. The Morgan fingerprint density at radius 2 is 1.80 bits per heavy atom. The van der Waals surface area contributed by atoms with E-state index in [0.717, 1.165) is 18.4 Å². The largest absolute Gasteiger partial charge is 0.431 e. The van der Waals surface area contributed by atoms with Gasteiger partial charge in [-0.1, -0.05) is 13.8 Å². The molecule has 1 aromatic rings. The molecule has 5 rings (SSSR count). The van der Waals surface area contributed by atoms with Crippen molar-refractivity contribution in [3.63, 3.8) is 0 Å². The molecule has 4 aliphatic carbocycles. The van der Waals surface area contributed by atoms with Crippen molar-refractivity contribution < 1.29 is 24.8 Å². The second-order valence-electron chi connectivity index (χ2n) is 11.0. The lowest BCUT2D eigenvalue weighted by molar-refractivity contribution is -0.266. The summed E-state index contributed by atoms with van der Waals surface area (Å²) < 4.78 is 5.10. The lowest BCUT2D eigenvalue weighted by atomic mass is 9.42. The molecule has 0 saturated heterocycles. The average Bonchev–Trinajstić information content (AvgIpc) is 2.98. The van der Waals surface area contributed by atoms with Gasteiger partial charge in [-0.25, -0.2) is 4.79 Å². The third-order valence-electron chi connectivity index (χ3n) is 10.0. The molecule has 1 heterocycles. The molecule has 4 fully saturated rings. The first-order valence-corrected chi connectivity index (χ1v) is 11.5. The van der Waals surface area contributed by atoms with E-state index in [0.29, 0.717) is 32.1 Å². The van der Waals surface area contributed by atoms with Crippen molar-refractivity contribution in [3.8, 4) is 0 Å². The Morgan fingerprint density at radius 3 is 2.50 bits per heavy atom. The van der Waals surface area contributed by atoms with Crippen LogP contribution in [0.15, 0.2) is 27.6 Å². The molecule has 6 heteroatoms.